The molecule has 0 bridgehead atoms. The minimum absolute atomic E-state index is 0.0914. The first-order chi connectivity index (χ1) is 9.49. The Balaban J connectivity index is 2.45. The van der Waals surface area contributed by atoms with Gasteiger partial charge in [-0.15, -0.1) is 0 Å². The zero-order valence-electron chi connectivity index (χ0n) is 11.1. The third-order valence-corrected chi connectivity index (χ3v) is 3.77. The predicted molar refractivity (Wildman–Crippen MR) is 71.1 cm³/mol. The fourth-order valence-electron chi connectivity index (χ4n) is 2.31. The van der Waals surface area contributed by atoms with E-state index in [0.29, 0.717) is 10.8 Å². The first kappa shape index (κ1) is 14.5. The standard InChI is InChI=1S/C13H14ClNO5/c1-19-10-4-3-7-6-15(13(17)18)9(12(16)20-2)5-8(7)11(10)14/h3-4,9H,5-6H2,1-2H3,(H,17,18). The Morgan fingerprint density at radius 3 is 2.65 bits per heavy atom. The van der Waals surface area contributed by atoms with Crippen molar-refractivity contribution in [3.63, 3.8) is 0 Å². The minimum atomic E-state index is -1.17. The van der Waals surface area contributed by atoms with Crippen LogP contribution < -0.4 is 4.74 Å². The highest BCUT2D eigenvalue weighted by Gasteiger charge is 2.36. The highest BCUT2D eigenvalue weighted by Crippen LogP contribution is 2.35. The quantitative estimate of drug-likeness (QED) is 0.844. The zero-order valence-corrected chi connectivity index (χ0v) is 11.8. The van der Waals surface area contributed by atoms with E-state index in [1.807, 2.05) is 0 Å². The molecule has 1 atom stereocenters. The Morgan fingerprint density at radius 1 is 1.40 bits per heavy atom. The highest BCUT2D eigenvalue weighted by atomic mass is 35.5. The molecule has 0 saturated heterocycles. The molecular weight excluding hydrogens is 286 g/mol. The minimum Gasteiger partial charge on any atom is -0.495 e. The van der Waals surface area contributed by atoms with Gasteiger partial charge in [0.25, 0.3) is 0 Å². The van der Waals surface area contributed by atoms with Crippen LogP contribution in [0.4, 0.5) is 4.79 Å². The zero-order chi connectivity index (χ0) is 14.9. The number of carboxylic acid groups (broad SMARTS) is 1. The lowest BCUT2D eigenvalue weighted by atomic mass is 9.94. The number of hydrogen-bond donors (Lipinski definition) is 1. The Bertz CT molecular complexity index is 560. The summed E-state index contributed by atoms with van der Waals surface area (Å²) < 4.78 is 9.79. The van der Waals surface area contributed by atoms with E-state index in [1.54, 1.807) is 12.1 Å². The molecule has 0 saturated carbocycles. The predicted octanol–water partition coefficient (Wildman–Crippen LogP) is 1.93. The van der Waals surface area contributed by atoms with Crippen molar-refractivity contribution >= 4 is 23.7 Å². The van der Waals surface area contributed by atoms with Crippen molar-refractivity contribution in [3.8, 4) is 5.75 Å². The summed E-state index contributed by atoms with van der Waals surface area (Å²) in [5.41, 5.74) is 1.48. The molecule has 1 aromatic rings. The lowest BCUT2D eigenvalue weighted by molar-refractivity contribution is -0.146. The first-order valence-corrected chi connectivity index (χ1v) is 6.29. The Hall–Kier alpha value is -1.95. The summed E-state index contributed by atoms with van der Waals surface area (Å²) in [6.07, 6.45) is -0.998. The largest absolute Gasteiger partial charge is 0.495 e. The van der Waals surface area contributed by atoms with Crippen molar-refractivity contribution in [1.29, 1.82) is 0 Å². The lowest BCUT2D eigenvalue weighted by Crippen LogP contribution is -2.48. The topological polar surface area (TPSA) is 76.1 Å². The van der Waals surface area contributed by atoms with Crippen LogP contribution in [-0.2, 0) is 22.5 Å². The van der Waals surface area contributed by atoms with Crippen molar-refractivity contribution in [3.05, 3.63) is 28.3 Å². The molecular formula is C13H14ClNO5. The van der Waals surface area contributed by atoms with Crippen molar-refractivity contribution in [2.75, 3.05) is 14.2 Å². The van der Waals surface area contributed by atoms with Crippen LogP contribution in [0.5, 0.6) is 5.75 Å². The number of esters is 1. The molecule has 6 nitrogen and oxygen atoms in total. The maximum Gasteiger partial charge on any atom is 0.408 e. The molecule has 108 valence electrons. The molecule has 1 aromatic carbocycles. The SMILES string of the molecule is COC(=O)C1Cc2c(ccc(OC)c2Cl)CN1C(=O)O. The average Bonchev–Trinajstić information content (AvgIpc) is 2.45. The number of hydrogen-bond acceptors (Lipinski definition) is 4. The van der Waals surface area contributed by atoms with Gasteiger partial charge in [-0.05, 0) is 17.2 Å². The monoisotopic (exact) mass is 299 g/mol. The molecule has 1 heterocycles. The molecule has 1 aliphatic heterocycles. The Labute approximate surface area is 120 Å². The molecule has 1 aliphatic rings. The normalized spacial score (nSPS) is 17.4. The number of fused-ring (bicyclic) bond motifs is 1. The molecule has 20 heavy (non-hydrogen) atoms. The summed E-state index contributed by atoms with van der Waals surface area (Å²) in [5, 5.41) is 9.62. The van der Waals surface area contributed by atoms with Gasteiger partial charge >= 0.3 is 12.1 Å². The van der Waals surface area contributed by atoms with Crippen molar-refractivity contribution in [2.45, 2.75) is 19.0 Å². The molecule has 0 fully saturated rings. The van der Waals surface area contributed by atoms with Gasteiger partial charge in [0, 0.05) is 6.42 Å². The number of rotatable bonds is 2. The molecule has 1 unspecified atom stereocenters. The van der Waals surface area contributed by atoms with Gasteiger partial charge in [-0.2, -0.15) is 0 Å². The number of carbonyl (C=O) groups is 2. The van der Waals surface area contributed by atoms with Crippen molar-refractivity contribution < 1.29 is 24.2 Å². The van der Waals surface area contributed by atoms with E-state index in [4.69, 9.17) is 16.3 Å². The third-order valence-electron chi connectivity index (χ3n) is 3.36. The van der Waals surface area contributed by atoms with Crippen LogP contribution in [0, 0.1) is 0 Å². The first-order valence-electron chi connectivity index (χ1n) is 5.91. The van der Waals surface area contributed by atoms with Crippen LogP contribution >= 0.6 is 11.6 Å². The van der Waals surface area contributed by atoms with Crippen LogP contribution in [0.15, 0.2) is 12.1 Å². The van der Waals surface area contributed by atoms with Gasteiger partial charge in [0.05, 0.1) is 25.8 Å². The average molecular weight is 300 g/mol. The van der Waals surface area contributed by atoms with Crippen LogP contribution in [-0.4, -0.2) is 42.3 Å². The van der Waals surface area contributed by atoms with E-state index in [1.165, 1.54) is 14.2 Å². The van der Waals surface area contributed by atoms with Gasteiger partial charge in [0.1, 0.15) is 11.8 Å². The number of benzene rings is 1. The highest BCUT2D eigenvalue weighted by molar-refractivity contribution is 6.33. The number of ether oxygens (including phenoxy) is 2. The second-order valence-electron chi connectivity index (χ2n) is 4.37. The molecule has 1 amide bonds. The van der Waals surface area contributed by atoms with Crippen LogP contribution in [0.3, 0.4) is 0 Å². The van der Waals surface area contributed by atoms with Crippen LogP contribution in [0.1, 0.15) is 11.1 Å². The van der Waals surface area contributed by atoms with E-state index < -0.39 is 18.1 Å². The van der Waals surface area contributed by atoms with Gasteiger partial charge in [-0.3, -0.25) is 4.90 Å². The van der Waals surface area contributed by atoms with Gasteiger partial charge in [-0.1, -0.05) is 17.7 Å². The summed E-state index contributed by atoms with van der Waals surface area (Å²) in [5.74, 6) is -0.102. The van der Waals surface area contributed by atoms with E-state index in [-0.39, 0.29) is 13.0 Å². The number of amides is 1. The summed E-state index contributed by atoms with van der Waals surface area (Å²) in [4.78, 5) is 24.1. The second-order valence-corrected chi connectivity index (χ2v) is 4.75. The molecule has 2 rings (SSSR count). The molecule has 7 heteroatoms. The Morgan fingerprint density at radius 2 is 2.10 bits per heavy atom. The van der Waals surface area contributed by atoms with Gasteiger partial charge in [0.15, 0.2) is 0 Å². The summed E-state index contributed by atoms with van der Waals surface area (Å²) in [6.45, 7) is 0.0914. The van der Waals surface area contributed by atoms with E-state index in [2.05, 4.69) is 4.74 Å². The van der Waals surface area contributed by atoms with Gasteiger partial charge in [0.2, 0.25) is 0 Å². The smallest absolute Gasteiger partial charge is 0.408 e. The third kappa shape index (κ3) is 2.38. The number of carbonyl (C=O) groups excluding carboxylic acids is 1. The van der Waals surface area contributed by atoms with E-state index >= 15 is 0 Å². The maximum absolute atomic E-state index is 11.8. The van der Waals surface area contributed by atoms with Crippen molar-refractivity contribution in [1.82, 2.24) is 4.90 Å². The van der Waals surface area contributed by atoms with E-state index in [9.17, 15) is 14.7 Å². The maximum atomic E-state index is 11.8. The number of methoxy groups -OCH3 is 2. The molecule has 0 spiro atoms. The lowest BCUT2D eigenvalue weighted by Gasteiger charge is -2.33. The Kier molecular flexibility index (Phi) is 4.04. The molecule has 0 aliphatic carbocycles. The molecule has 0 radical (unpaired) electrons. The molecule has 1 N–H and O–H groups in total. The molecule has 0 aromatic heterocycles. The van der Waals surface area contributed by atoms with Crippen LogP contribution in [0.25, 0.3) is 0 Å². The fourth-order valence-corrected chi connectivity index (χ4v) is 2.65. The van der Waals surface area contributed by atoms with Gasteiger partial charge < -0.3 is 14.6 Å². The second kappa shape index (κ2) is 5.58. The fraction of sp³-hybridized carbons (Fsp3) is 0.385. The number of nitrogens with zero attached hydrogens (tertiary/aromatic N) is 1. The van der Waals surface area contributed by atoms with Gasteiger partial charge in [-0.25, -0.2) is 9.59 Å². The van der Waals surface area contributed by atoms with Crippen LogP contribution in [0.2, 0.25) is 5.02 Å². The number of halogens is 1. The van der Waals surface area contributed by atoms with Crippen molar-refractivity contribution in [2.24, 2.45) is 0 Å². The van der Waals surface area contributed by atoms with E-state index in [0.717, 1.165) is 16.0 Å². The summed E-state index contributed by atoms with van der Waals surface area (Å²) in [7, 11) is 2.73. The summed E-state index contributed by atoms with van der Waals surface area (Å²) >= 11 is 6.22. The summed E-state index contributed by atoms with van der Waals surface area (Å²) in [6, 6.07) is 2.54.